The standard InChI is InChI=1S/C18H16FN/c1-3-15-11-13-6-4-5-7-16(13)18(20-15)14-8-9-17(19)12(2)10-14/h4-11H,3H2,1-2H3. The van der Waals surface area contributed by atoms with Crippen LogP contribution in [0.25, 0.3) is 22.0 Å². The third kappa shape index (κ3) is 2.18. The van der Waals surface area contributed by atoms with Crippen molar-refractivity contribution in [3.8, 4) is 11.3 Å². The van der Waals surface area contributed by atoms with Gasteiger partial charge in [-0.3, -0.25) is 4.98 Å². The Morgan fingerprint density at radius 2 is 1.85 bits per heavy atom. The molecular formula is C18H16FN. The Labute approximate surface area is 118 Å². The van der Waals surface area contributed by atoms with Crippen molar-refractivity contribution >= 4 is 10.8 Å². The van der Waals surface area contributed by atoms with Crippen LogP contribution in [0.5, 0.6) is 0 Å². The molecule has 0 fully saturated rings. The van der Waals surface area contributed by atoms with E-state index in [1.807, 2.05) is 18.2 Å². The molecule has 0 unspecified atom stereocenters. The lowest BCUT2D eigenvalue weighted by atomic mass is 10.0. The molecule has 1 nitrogen and oxygen atoms in total. The number of hydrogen-bond donors (Lipinski definition) is 0. The summed E-state index contributed by atoms with van der Waals surface area (Å²) in [7, 11) is 0. The second-order valence-corrected chi connectivity index (χ2v) is 5.00. The zero-order chi connectivity index (χ0) is 14.1. The van der Waals surface area contributed by atoms with E-state index in [1.54, 1.807) is 13.0 Å². The average Bonchev–Trinajstić information content (AvgIpc) is 2.49. The molecule has 1 aromatic heterocycles. The Morgan fingerprint density at radius 1 is 1.05 bits per heavy atom. The summed E-state index contributed by atoms with van der Waals surface area (Å²) in [6.45, 7) is 3.88. The van der Waals surface area contributed by atoms with Gasteiger partial charge in [-0.1, -0.05) is 31.2 Å². The van der Waals surface area contributed by atoms with Gasteiger partial charge in [0.15, 0.2) is 0 Å². The normalized spacial score (nSPS) is 10.9. The lowest BCUT2D eigenvalue weighted by molar-refractivity contribution is 0.619. The van der Waals surface area contributed by atoms with Crippen molar-refractivity contribution in [2.45, 2.75) is 20.3 Å². The lowest BCUT2D eigenvalue weighted by Crippen LogP contribution is -1.94. The first-order chi connectivity index (χ1) is 9.69. The Hall–Kier alpha value is -2.22. The van der Waals surface area contributed by atoms with Crippen LogP contribution in [0, 0.1) is 12.7 Å². The van der Waals surface area contributed by atoms with Crippen LogP contribution in [-0.4, -0.2) is 4.98 Å². The van der Waals surface area contributed by atoms with Crippen LogP contribution in [0.4, 0.5) is 4.39 Å². The van der Waals surface area contributed by atoms with Crippen LogP contribution in [-0.2, 0) is 6.42 Å². The first-order valence-corrected chi connectivity index (χ1v) is 6.84. The monoisotopic (exact) mass is 265 g/mol. The summed E-state index contributed by atoms with van der Waals surface area (Å²) in [5.41, 5.74) is 3.61. The van der Waals surface area contributed by atoms with Crippen molar-refractivity contribution < 1.29 is 4.39 Å². The van der Waals surface area contributed by atoms with Crippen molar-refractivity contribution in [2.24, 2.45) is 0 Å². The Morgan fingerprint density at radius 3 is 2.60 bits per heavy atom. The fourth-order valence-electron chi connectivity index (χ4n) is 2.45. The van der Waals surface area contributed by atoms with Crippen molar-refractivity contribution in [1.29, 1.82) is 0 Å². The summed E-state index contributed by atoms with van der Waals surface area (Å²) in [6, 6.07) is 15.5. The molecular weight excluding hydrogens is 249 g/mol. The summed E-state index contributed by atoms with van der Waals surface area (Å²) in [6.07, 6.45) is 0.887. The molecule has 0 bridgehead atoms. The summed E-state index contributed by atoms with van der Waals surface area (Å²) in [5, 5.41) is 2.28. The van der Waals surface area contributed by atoms with Gasteiger partial charge in [-0.25, -0.2) is 4.39 Å². The summed E-state index contributed by atoms with van der Waals surface area (Å²) >= 11 is 0. The van der Waals surface area contributed by atoms with Crippen LogP contribution in [0.1, 0.15) is 18.2 Å². The van der Waals surface area contributed by atoms with E-state index in [-0.39, 0.29) is 5.82 Å². The number of hydrogen-bond acceptors (Lipinski definition) is 1. The molecule has 0 amide bonds. The molecule has 0 aliphatic rings. The third-order valence-electron chi connectivity index (χ3n) is 3.59. The second-order valence-electron chi connectivity index (χ2n) is 5.00. The smallest absolute Gasteiger partial charge is 0.126 e. The molecule has 2 heteroatoms. The van der Waals surface area contributed by atoms with Crippen LogP contribution >= 0.6 is 0 Å². The molecule has 0 spiro atoms. The first-order valence-electron chi connectivity index (χ1n) is 6.84. The molecule has 0 N–H and O–H groups in total. The molecule has 0 atom stereocenters. The largest absolute Gasteiger partial charge is 0.252 e. The fraction of sp³-hybridized carbons (Fsp3) is 0.167. The molecule has 3 aromatic rings. The zero-order valence-corrected chi connectivity index (χ0v) is 11.7. The molecule has 0 saturated heterocycles. The number of nitrogens with zero attached hydrogens (tertiary/aromatic N) is 1. The Bertz CT molecular complexity index is 777. The van der Waals surface area contributed by atoms with Gasteiger partial charge in [0.05, 0.1) is 5.69 Å². The third-order valence-corrected chi connectivity index (χ3v) is 3.59. The van der Waals surface area contributed by atoms with E-state index in [1.165, 1.54) is 11.5 Å². The highest BCUT2D eigenvalue weighted by Crippen LogP contribution is 2.28. The van der Waals surface area contributed by atoms with Crippen LogP contribution in [0.3, 0.4) is 0 Å². The number of benzene rings is 2. The van der Waals surface area contributed by atoms with E-state index in [0.717, 1.165) is 28.8 Å². The SMILES string of the molecule is CCc1cc2ccccc2c(-c2ccc(F)c(C)c2)n1. The van der Waals surface area contributed by atoms with Crippen LogP contribution in [0.2, 0.25) is 0 Å². The van der Waals surface area contributed by atoms with Gasteiger partial charge in [0.2, 0.25) is 0 Å². The van der Waals surface area contributed by atoms with E-state index < -0.39 is 0 Å². The van der Waals surface area contributed by atoms with Gasteiger partial charge in [0.1, 0.15) is 5.82 Å². The quantitative estimate of drug-likeness (QED) is 0.641. The highest BCUT2D eigenvalue weighted by Gasteiger charge is 2.09. The van der Waals surface area contributed by atoms with Crippen molar-refractivity contribution in [1.82, 2.24) is 4.98 Å². The van der Waals surface area contributed by atoms with Crippen LogP contribution in [0.15, 0.2) is 48.5 Å². The number of aryl methyl sites for hydroxylation is 2. The van der Waals surface area contributed by atoms with Gasteiger partial charge in [-0.05, 0) is 48.6 Å². The van der Waals surface area contributed by atoms with Gasteiger partial charge in [0.25, 0.3) is 0 Å². The number of fused-ring (bicyclic) bond motifs is 1. The van der Waals surface area contributed by atoms with E-state index in [2.05, 4.69) is 25.1 Å². The Kier molecular flexibility index (Phi) is 3.23. The number of halogens is 1. The molecule has 100 valence electrons. The average molecular weight is 265 g/mol. The predicted octanol–water partition coefficient (Wildman–Crippen LogP) is 4.91. The van der Waals surface area contributed by atoms with Gasteiger partial charge in [0, 0.05) is 16.6 Å². The molecule has 3 rings (SSSR count). The van der Waals surface area contributed by atoms with Crippen molar-refractivity contribution in [3.05, 3.63) is 65.6 Å². The highest BCUT2D eigenvalue weighted by molar-refractivity contribution is 5.94. The molecule has 0 aliphatic carbocycles. The predicted molar refractivity (Wildman–Crippen MR) is 81.3 cm³/mol. The summed E-state index contributed by atoms with van der Waals surface area (Å²) in [4.78, 5) is 4.74. The molecule has 0 aliphatic heterocycles. The van der Waals surface area contributed by atoms with Gasteiger partial charge in [-0.15, -0.1) is 0 Å². The molecule has 1 heterocycles. The number of rotatable bonds is 2. The molecule has 2 aromatic carbocycles. The maximum Gasteiger partial charge on any atom is 0.126 e. The molecule has 0 saturated carbocycles. The first kappa shape index (κ1) is 12.8. The number of pyridine rings is 1. The van der Waals surface area contributed by atoms with E-state index in [4.69, 9.17) is 4.98 Å². The van der Waals surface area contributed by atoms with E-state index >= 15 is 0 Å². The minimum Gasteiger partial charge on any atom is -0.252 e. The van der Waals surface area contributed by atoms with Crippen molar-refractivity contribution in [3.63, 3.8) is 0 Å². The minimum atomic E-state index is -0.176. The van der Waals surface area contributed by atoms with Crippen LogP contribution < -0.4 is 0 Å². The van der Waals surface area contributed by atoms with E-state index in [9.17, 15) is 4.39 Å². The summed E-state index contributed by atoms with van der Waals surface area (Å²) < 4.78 is 13.5. The van der Waals surface area contributed by atoms with Gasteiger partial charge < -0.3 is 0 Å². The minimum absolute atomic E-state index is 0.176. The Balaban J connectivity index is 2.30. The zero-order valence-electron chi connectivity index (χ0n) is 11.7. The molecule has 0 radical (unpaired) electrons. The fourth-order valence-corrected chi connectivity index (χ4v) is 2.45. The second kappa shape index (κ2) is 5.04. The van der Waals surface area contributed by atoms with E-state index in [0.29, 0.717) is 5.56 Å². The maximum absolute atomic E-state index is 13.5. The maximum atomic E-state index is 13.5. The van der Waals surface area contributed by atoms with Crippen molar-refractivity contribution in [2.75, 3.05) is 0 Å². The summed E-state index contributed by atoms with van der Waals surface area (Å²) in [5.74, 6) is -0.176. The van der Waals surface area contributed by atoms with Gasteiger partial charge >= 0.3 is 0 Å². The molecule has 20 heavy (non-hydrogen) atoms. The topological polar surface area (TPSA) is 12.9 Å². The van der Waals surface area contributed by atoms with Gasteiger partial charge in [-0.2, -0.15) is 0 Å². The highest BCUT2D eigenvalue weighted by atomic mass is 19.1. The lowest BCUT2D eigenvalue weighted by Gasteiger charge is -2.10. The number of aromatic nitrogens is 1.